The van der Waals surface area contributed by atoms with Crippen molar-refractivity contribution in [2.45, 2.75) is 20.3 Å². The van der Waals surface area contributed by atoms with E-state index in [4.69, 9.17) is 0 Å². The first-order valence-corrected chi connectivity index (χ1v) is 2.99. The normalized spacial score (nSPS) is 9.00. The molecule has 0 aromatic heterocycles. The second kappa shape index (κ2) is 6.92. The molecule has 0 saturated heterocycles. The van der Waals surface area contributed by atoms with Crippen LogP contribution in [-0.2, 0) is 0 Å². The largest absolute Gasteiger partial charge is 0.412 e. The van der Waals surface area contributed by atoms with Crippen molar-refractivity contribution in [3.05, 3.63) is 0 Å². The first kappa shape index (κ1) is 10.8. The van der Waals surface area contributed by atoms with Crippen LogP contribution in [0.1, 0.15) is 20.3 Å². The van der Waals surface area contributed by atoms with Crippen molar-refractivity contribution in [3.63, 3.8) is 0 Å². The van der Waals surface area contributed by atoms with Crippen LogP contribution >= 0.6 is 0 Å². The third-order valence-corrected chi connectivity index (χ3v) is 1.15. The van der Waals surface area contributed by atoms with Gasteiger partial charge in [-0.1, -0.05) is 13.8 Å². The Morgan fingerprint density at radius 1 is 1.25 bits per heavy atom. The highest BCUT2D eigenvalue weighted by molar-refractivity contribution is 4.41. The van der Waals surface area contributed by atoms with Gasteiger partial charge in [0.05, 0.1) is 0 Å². The molecule has 52 valence electrons. The Morgan fingerprint density at radius 3 is 1.88 bits per heavy atom. The average molecular weight is 119 g/mol. The molecule has 0 amide bonds. The predicted octanol–water partition coefficient (Wildman–Crippen LogP) is 0.523. The van der Waals surface area contributed by atoms with Crippen molar-refractivity contribution in [2.75, 3.05) is 20.1 Å². The highest BCUT2D eigenvalue weighted by Gasteiger charge is 1.86. The summed E-state index contributed by atoms with van der Waals surface area (Å²) in [6.45, 7) is 6.78. The van der Waals surface area contributed by atoms with Crippen LogP contribution in [0.5, 0.6) is 0 Å². The summed E-state index contributed by atoms with van der Waals surface area (Å²) < 4.78 is 0. The van der Waals surface area contributed by atoms with Crippen LogP contribution in [0.4, 0.5) is 0 Å². The van der Waals surface area contributed by atoms with Crippen molar-refractivity contribution >= 4 is 0 Å². The van der Waals surface area contributed by atoms with E-state index in [1.165, 1.54) is 19.5 Å². The number of nitrogens with zero attached hydrogens (tertiary/aromatic N) is 1. The Kier molecular flexibility index (Phi) is 9.36. The Balaban J connectivity index is 0. The van der Waals surface area contributed by atoms with Gasteiger partial charge in [-0.15, -0.1) is 0 Å². The second-order valence-electron chi connectivity index (χ2n) is 1.90. The van der Waals surface area contributed by atoms with Crippen molar-refractivity contribution in [2.24, 2.45) is 0 Å². The maximum absolute atomic E-state index is 2.31. The third-order valence-electron chi connectivity index (χ3n) is 1.15. The number of hydrogen-bond donors (Lipinski definition) is 0. The van der Waals surface area contributed by atoms with Gasteiger partial charge in [0.15, 0.2) is 0 Å². The molecule has 0 aliphatic heterocycles. The summed E-state index contributed by atoms with van der Waals surface area (Å²) in [7, 11) is 2.14. The molecule has 0 rings (SSSR count). The van der Waals surface area contributed by atoms with Crippen LogP contribution in [0.3, 0.4) is 0 Å². The van der Waals surface area contributed by atoms with E-state index < -0.39 is 0 Å². The van der Waals surface area contributed by atoms with E-state index in [9.17, 15) is 0 Å². The first-order chi connectivity index (χ1) is 3.31. The lowest BCUT2D eigenvalue weighted by atomic mass is 10.4. The van der Waals surface area contributed by atoms with Crippen LogP contribution in [0.25, 0.3) is 0 Å². The van der Waals surface area contributed by atoms with Gasteiger partial charge in [0.25, 0.3) is 0 Å². The lowest BCUT2D eigenvalue weighted by Crippen LogP contribution is -2.17. The Bertz CT molecular complexity index is 39.5. The molecule has 2 nitrogen and oxygen atoms in total. The maximum atomic E-state index is 2.31. The van der Waals surface area contributed by atoms with Gasteiger partial charge in [0, 0.05) is 0 Å². The van der Waals surface area contributed by atoms with E-state index >= 15 is 0 Å². The Labute approximate surface area is 51.8 Å². The quantitative estimate of drug-likeness (QED) is 0.533. The zero-order chi connectivity index (χ0) is 5.70. The smallest absolute Gasteiger partial charge is 0.00245 e. The van der Waals surface area contributed by atoms with Crippen LogP contribution in [-0.4, -0.2) is 30.5 Å². The van der Waals surface area contributed by atoms with Gasteiger partial charge < -0.3 is 10.4 Å². The molecule has 0 saturated carbocycles. The minimum Gasteiger partial charge on any atom is -0.412 e. The van der Waals surface area contributed by atoms with Crippen molar-refractivity contribution in [1.29, 1.82) is 0 Å². The molecule has 0 spiro atoms. The van der Waals surface area contributed by atoms with Gasteiger partial charge in [-0.25, -0.2) is 0 Å². The Morgan fingerprint density at radius 2 is 1.75 bits per heavy atom. The van der Waals surface area contributed by atoms with Gasteiger partial charge in [0.2, 0.25) is 0 Å². The molecule has 0 aliphatic rings. The molecule has 0 heterocycles. The highest BCUT2D eigenvalue weighted by atomic mass is 16.0. The second-order valence-corrected chi connectivity index (χ2v) is 1.90. The van der Waals surface area contributed by atoms with E-state index in [0.29, 0.717) is 0 Å². The van der Waals surface area contributed by atoms with Crippen LogP contribution in [0.15, 0.2) is 0 Å². The fourth-order valence-electron chi connectivity index (χ4n) is 0.540. The molecule has 2 heteroatoms. The van der Waals surface area contributed by atoms with Gasteiger partial charge in [-0.05, 0) is 26.6 Å². The fraction of sp³-hybridized carbons (Fsp3) is 1.00. The summed E-state index contributed by atoms with van der Waals surface area (Å²) in [5.74, 6) is 0. The standard InChI is InChI=1S/C6H15N.H2O/c1-4-6-7(3)5-2;/h4-6H2,1-3H3;1H2. The summed E-state index contributed by atoms with van der Waals surface area (Å²) in [6, 6.07) is 0. The van der Waals surface area contributed by atoms with Crippen molar-refractivity contribution < 1.29 is 5.48 Å². The zero-order valence-corrected chi connectivity index (χ0v) is 6.07. The highest BCUT2D eigenvalue weighted by Crippen LogP contribution is 1.81. The van der Waals surface area contributed by atoms with E-state index in [2.05, 4.69) is 25.8 Å². The minimum absolute atomic E-state index is 0. The maximum Gasteiger partial charge on any atom is -0.00245 e. The van der Waals surface area contributed by atoms with E-state index in [0.717, 1.165) is 0 Å². The predicted molar refractivity (Wildman–Crippen MR) is 37.1 cm³/mol. The van der Waals surface area contributed by atoms with Crippen molar-refractivity contribution in [1.82, 2.24) is 4.90 Å². The molecule has 0 atom stereocenters. The molecule has 8 heavy (non-hydrogen) atoms. The van der Waals surface area contributed by atoms with Crippen molar-refractivity contribution in [3.8, 4) is 0 Å². The van der Waals surface area contributed by atoms with Gasteiger partial charge in [-0.3, -0.25) is 0 Å². The fourth-order valence-corrected chi connectivity index (χ4v) is 0.540. The Hall–Kier alpha value is -0.0800. The third kappa shape index (κ3) is 5.92. The monoisotopic (exact) mass is 119 g/mol. The lowest BCUT2D eigenvalue weighted by Gasteiger charge is -2.10. The topological polar surface area (TPSA) is 34.7 Å². The number of hydrogen-bond acceptors (Lipinski definition) is 1. The summed E-state index contributed by atoms with van der Waals surface area (Å²) in [5, 5.41) is 0. The van der Waals surface area contributed by atoms with Gasteiger partial charge >= 0.3 is 0 Å². The summed E-state index contributed by atoms with van der Waals surface area (Å²) in [5.41, 5.74) is 0. The molecular weight excluding hydrogens is 102 g/mol. The van der Waals surface area contributed by atoms with Crippen LogP contribution < -0.4 is 0 Å². The van der Waals surface area contributed by atoms with E-state index in [-0.39, 0.29) is 5.48 Å². The molecule has 0 aliphatic carbocycles. The molecule has 0 bridgehead atoms. The molecule has 0 aromatic rings. The first-order valence-electron chi connectivity index (χ1n) is 2.99. The SMILES string of the molecule is CCCN(C)CC.O. The lowest BCUT2D eigenvalue weighted by molar-refractivity contribution is 0.353. The van der Waals surface area contributed by atoms with Gasteiger partial charge in [-0.2, -0.15) is 0 Å². The zero-order valence-electron chi connectivity index (χ0n) is 6.07. The van der Waals surface area contributed by atoms with Crippen LogP contribution in [0, 0.1) is 0 Å². The molecule has 0 aromatic carbocycles. The molecule has 2 N–H and O–H groups in total. The summed E-state index contributed by atoms with van der Waals surface area (Å²) in [4.78, 5) is 2.31. The molecule has 0 unspecified atom stereocenters. The minimum atomic E-state index is 0. The summed E-state index contributed by atoms with van der Waals surface area (Å²) in [6.07, 6.45) is 1.27. The molecule has 0 radical (unpaired) electrons. The average Bonchev–Trinajstić information content (AvgIpc) is 1.68. The molecule has 0 fully saturated rings. The van der Waals surface area contributed by atoms with E-state index in [1.54, 1.807) is 0 Å². The summed E-state index contributed by atoms with van der Waals surface area (Å²) >= 11 is 0. The van der Waals surface area contributed by atoms with Gasteiger partial charge in [0.1, 0.15) is 0 Å². The number of rotatable bonds is 3. The van der Waals surface area contributed by atoms with Crippen LogP contribution in [0.2, 0.25) is 0 Å². The molecular formula is C6H17NO. The van der Waals surface area contributed by atoms with E-state index in [1.807, 2.05) is 0 Å².